The molecule has 4 nitrogen and oxygen atoms in total. The smallest absolute Gasteiger partial charge is 0.257 e. The fourth-order valence-corrected chi connectivity index (χ4v) is 2.39. The number of benzene rings is 1. The summed E-state index contributed by atoms with van der Waals surface area (Å²) in [5, 5.41) is 2.64. The maximum absolute atomic E-state index is 13.8. The Balaban J connectivity index is 2.10. The van der Waals surface area contributed by atoms with Crippen LogP contribution in [-0.4, -0.2) is 25.2 Å². The molecule has 1 aliphatic rings. The Morgan fingerprint density at radius 1 is 1.40 bits per heavy atom. The zero-order valence-corrected chi connectivity index (χ0v) is 11.3. The van der Waals surface area contributed by atoms with E-state index in [0.29, 0.717) is 13.2 Å². The number of halogens is 2. The van der Waals surface area contributed by atoms with Gasteiger partial charge in [-0.2, -0.15) is 0 Å². The van der Waals surface area contributed by atoms with Gasteiger partial charge in [-0.1, -0.05) is 0 Å². The molecule has 110 valence electrons. The molecule has 1 heterocycles. The van der Waals surface area contributed by atoms with Gasteiger partial charge in [0.15, 0.2) is 5.82 Å². The van der Waals surface area contributed by atoms with Crippen LogP contribution in [0.2, 0.25) is 0 Å². The molecule has 0 aromatic heterocycles. The molecule has 1 aromatic carbocycles. The van der Waals surface area contributed by atoms with Crippen molar-refractivity contribution in [2.24, 2.45) is 5.92 Å². The lowest BCUT2D eigenvalue weighted by molar-refractivity contribution is 0.0537. The van der Waals surface area contributed by atoms with Crippen LogP contribution in [0.25, 0.3) is 0 Å². The predicted octanol–water partition coefficient (Wildman–Crippen LogP) is 2.09. The van der Waals surface area contributed by atoms with Crippen molar-refractivity contribution in [3.8, 4) is 0 Å². The molecule has 1 fully saturated rings. The van der Waals surface area contributed by atoms with E-state index in [0.717, 1.165) is 25.0 Å². The highest BCUT2D eigenvalue weighted by atomic mass is 19.1. The van der Waals surface area contributed by atoms with Crippen molar-refractivity contribution in [1.29, 1.82) is 0 Å². The predicted molar refractivity (Wildman–Crippen MR) is 71.2 cm³/mol. The summed E-state index contributed by atoms with van der Waals surface area (Å²) in [6.07, 6.45) is 1.65. The lowest BCUT2D eigenvalue weighted by Crippen LogP contribution is -2.41. The number of rotatable bonds is 3. The van der Waals surface area contributed by atoms with Gasteiger partial charge >= 0.3 is 0 Å². The second-order valence-electron chi connectivity index (χ2n) is 5.04. The lowest BCUT2D eigenvalue weighted by Gasteiger charge is -2.28. The van der Waals surface area contributed by atoms with E-state index in [1.54, 1.807) is 0 Å². The van der Waals surface area contributed by atoms with Gasteiger partial charge in [-0.25, -0.2) is 8.78 Å². The molecule has 1 saturated heterocycles. The van der Waals surface area contributed by atoms with Gasteiger partial charge in [0.25, 0.3) is 5.91 Å². The average Bonchev–Trinajstić information content (AvgIpc) is 2.44. The molecule has 1 aromatic rings. The Bertz CT molecular complexity index is 502. The van der Waals surface area contributed by atoms with Crippen LogP contribution in [0.5, 0.6) is 0 Å². The highest BCUT2D eigenvalue weighted by molar-refractivity contribution is 5.95. The highest BCUT2D eigenvalue weighted by Crippen LogP contribution is 2.21. The summed E-state index contributed by atoms with van der Waals surface area (Å²) < 4.78 is 32.6. The van der Waals surface area contributed by atoms with Gasteiger partial charge in [0.05, 0.1) is 5.69 Å². The summed E-state index contributed by atoms with van der Waals surface area (Å²) in [7, 11) is 0. The Morgan fingerprint density at radius 2 is 2.05 bits per heavy atom. The van der Waals surface area contributed by atoms with Crippen molar-refractivity contribution in [3.05, 3.63) is 29.3 Å². The van der Waals surface area contributed by atoms with E-state index in [9.17, 15) is 13.6 Å². The quantitative estimate of drug-likeness (QED) is 0.835. The summed E-state index contributed by atoms with van der Waals surface area (Å²) in [6, 6.07) is 1.92. The van der Waals surface area contributed by atoms with Crippen molar-refractivity contribution in [1.82, 2.24) is 5.32 Å². The van der Waals surface area contributed by atoms with Crippen LogP contribution in [0.1, 0.15) is 30.1 Å². The van der Waals surface area contributed by atoms with E-state index in [-0.39, 0.29) is 17.6 Å². The van der Waals surface area contributed by atoms with Gasteiger partial charge in [0.1, 0.15) is 11.4 Å². The number of hydrogen-bond acceptors (Lipinski definition) is 3. The summed E-state index contributed by atoms with van der Waals surface area (Å²) in [5.74, 6) is -2.44. The Kier molecular flexibility index (Phi) is 4.54. The Morgan fingerprint density at radius 3 is 2.70 bits per heavy atom. The number of nitrogen functional groups attached to an aromatic ring is 1. The minimum absolute atomic E-state index is 0.174. The standard InChI is InChI=1S/C14H18F2N2O2/c1-8(9-4-6-20-7-5-9)18-14(19)12-10(15)2-3-11(17)13(12)16/h2-3,8-9H,4-7,17H2,1H3,(H,18,19). The molecule has 1 amide bonds. The largest absolute Gasteiger partial charge is 0.396 e. The van der Waals surface area contributed by atoms with Crippen molar-refractivity contribution in [2.45, 2.75) is 25.8 Å². The van der Waals surface area contributed by atoms with Crippen LogP contribution in [0.15, 0.2) is 12.1 Å². The normalized spacial score (nSPS) is 17.8. The second kappa shape index (κ2) is 6.17. The zero-order valence-electron chi connectivity index (χ0n) is 11.3. The minimum atomic E-state index is -1.01. The van der Waals surface area contributed by atoms with E-state index in [1.807, 2.05) is 6.92 Å². The van der Waals surface area contributed by atoms with Crippen LogP contribution in [0.3, 0.4) is 0 Å². The Labute approximate surface area is 116 Å². The number of amides is 1. The van der Waals surface area contributed by atoms with Gasteiger partial charge in [-0.05, 0) is 37.8 Å². The van der Waals surface area contributed by atoms with Gasteiger partial charge in [-0.15, -0.1) is 0 Å². The molecule has 2 rings (SSSR count). The molecule has 20 heavy (non-hydrogen) atoms. The first kappa shape index (κ1) is 14.7. The highest BCUT2D eigenvalue weighted by Gasteiger charge is 2.25. The third kappa shape index (κ3) is 3.07. The van der Waals surface area contributed by atoms with E-state index in [2.05, 4.69) is 5.32 Å². The number of anilines is 1. The topological polar surface area (TPSA) is 64.4 Å². The SMILES string of the molecule is CC(NC(=O)c1c(F)ccc(N)c1F)C1CCOCC1. The molecule has 0 aliphatic carbocycles. The lowest BCUT2D eigenvalue weighted by atomic mass is 9.92. The first-order valence-electron chi connectivity index (χ1n) is 6.62. The van der Waals surface area contributed by atoms with Crippen LogP contribution in [-0.2, 0) is 4.74 Å². The molecular formula is C14H18F2N2O2. The van der Waals surface area contributed by atoms with Crippen molar-refractivity contribution >= 4 is 11.6 Å². The van der Waals surface area contributed by atoms with Crippen LogP contribution in [0.4, 0.5) is 14.5 Å². The summed E-state index contributed by atoms with van der Waals surface area (Å²) in [6.45, 7) is 3.12. The maximum atomic E-state index is 13.8. The first-order valence-corrected chi connectivity index (χ1v) is 6.62. The first-order chi connectivity index (χ1) is 9.50. The summed E-state index contributed by atoms with van der Waals surface area (Å²) >= 11 is 0. The monoisotopic (exact) mass is 284 g/mol. The number of carbonyl (C=O) groups excluding carboxylic acids is 1. The van der Waals surface area contributed by atoms with Crippen molar-refractivity contribution < 1.29 is 18.3 Å². The molecule has 3 N–H and O–H groups in total. The summed E-state index contributed by atoms with van der Waals surface area (Å²) in [5.41, 5.74) is 4.50. The van der Waals surface area contributed by atoms with E-state index in [1.165, 1.54) is 0 Å². The molecule has 0 spiro atoms. The van der Waals surface area contributed by atoms with Gasteiger partial charge < -0.3 is 15.8 Å². The molecular weight excluding hydrogens is 266 g/mol. The van der Waals surface area contributed by atoms with E-state index < -0.39 is 23.1 Å². The maximum Gasteiger partial charge on any atom is 0.257 e. The number of carbonyl (C=O) groups is 1. The zero-order chi connectivity index (χ0) is 14.7. The Hall–Kier alpha value is -1.69. The third-order valence-corrected chi connectivity index (χ3v) is 3.68. The molecule has 0 saturated carbocycles. The number of ether oxygens (including phenoxy) is 1. The van der Waals surface area contributed by atoms with Crippen LogP contribution in [0, 0.1) is 17.6 Å². The number of nitrogens with two attached hydrogens (primary N) is 1. The van der Waals surface area contributed by atoms with Gasteiger partial charge in [0.2, 0.25) is 0 Å². The summed E-state index contributed by atoms with van der Waals surface area (Å²) in [4.78, 5) is 12.0. The minimum Gasteiger partial charge on any atom is -0.396 e. The molecule has 0 bridgehead atoms. The van der Waals surface area contributed by atoms with E-state index in [4.69, 9.17) is 10.5 Å². The average molecular weight is 284 g/mol. The molecule has 1 aliphatic heterocycles. The second-order valence-corrected chi connectivity index (χ2v) is 5.04. The molecule has 6 heteroatoms. The number of nitrogens with one attached hydrogen (secondary N) is 1. The fourth-order valence-electron chi connectivity index (χ4n) is 2.39. The fraction of sp³-hybridized carbons (Fsp3) is 0.500. The molecule has 1 atom stereocenters. The molecule has 0 radical (unpaired) electrons. The van der Waals surface area contributed by atoms with Crippen LogP contribution >= 0.6 is 0 Å². The van der Waals surface area contributed by atoms with Gasteiger partial charge in [-0.3, -0.25) is 4.79 Å². The molecule has 1 unspecified atom stereocenters. The van der Waals surface area contributed by atoms with Crippen molar-refractivity contribution in [2.75, 3.05) is 18.9 Å². The number of hydrogen-bond donors (Lipinski definition) is 2. The van der Waals surface area contributed by atoms with Crippen LogP contribution < -0.4 is 11.1 Å². The van der Waals surface area contributed by atoms with E-state index >= 15 is 0 Å². The van der Waals surface area contributed by atoms with Crippen molar-refractivity contribution in [3.63, 3.8) is 0 Å². The third-order valence-electron chi connectivity index (χ3n) is 3.68. The van der Waals surface area contributed by atoms with Gasteiger partial charge in [0, 0.05) is 19.3 Å².